The molecule has 5 nitrogen and oxygen atoms in total. The molecule has 0 aliphatic heterocycles. The van der Waals surface area contributed by atoms with Gasteiger partial charge in [-0.25, -0.2) is 4.68 Å². The van der Waals surface area contributed by atoms with Crippen LogP contribution in [0.2, 0.25) is 0 Å². The average Bonchev–Trinajstić information content (AvgIpc) is 3.12. The smallest absolute Gasteiger partial charge is 0.141 e. The number of benzene rings is 2. The van der Waals surface area contributed by atoms with Crippen molar-refractivity contribution in [3.8, 4) is 5.75 Å². The highest BCUT2D eigenvalue weighted by Gasteiger charge is 1.96. The van der Waals surface area contributed by atoms with Crippen molar-refractivity contribution in [2.24, 2.45) is 5.10 Å². The van der Waals surface area contributed by atoms with Crippen LogP contribution in [0.15, 0.2) is 72.4 Å². The highest BCUT2D eigenvalue weighted by atomic mass is 16.5. The maximum absolute atomic E-state index is 5.76. The molecule has 0 atom stereocenters. The third-order valence-electron chi connectivity index (χ3n) is 3.35. The molecule has 0 amide bonds. The molecule has 0 N–H and O–H groups in total. The first-order chi connectivity index (χ1) is 11.4. The van der Waals surface area contributed by atoms with Crippen LogP contribution in [-0.2, 0) is 6.42 Å². The Morgan fingerprint density at radius 1 is 0.957 bits per heavy atom. The first-order valence-corrected chi connectivity index (χ1v) is 7.56. The van der Waals surface area contributed by atoms with E-state index in [1.807, 2.05) is 30.3 Å². The van der Waals surface area contributed by atoms with E-state index in [9.17, 15) is 0 Å². The summed E-state index contributed by atoms with van der Waals surface area (Å²) in [5.74, 6) is 0.875. The summed E-state index contributed by atoms with van der Waals surface area (Å²) in [5, 5.41) is 11.6. The van der Waals surface area contributed by atoms with Crippen LogP contribution in [0.5, 0.6) is 5.75 Å². The normalized spacial score (nSPS) is 11.0. The Balaban J connectivity index is 1.44. The second kappa shape index (κ2) is 7.89. The lowest BCUT2D eigenvalue weighted by Crippen LogP contribution is -1.99. The number of aryl methyl sites for hydroxylation is 1. The predicted molar refractivity (Wildman–Crippen MR) is 89.7 cm³/mol. The fourth-order valence-electron chi connectivity index (χ4n) is 2.15. The van der Waals surface area contributed by atoms with Crippen LogP contribution >= 0.6 is 0 Å². The fraction of sp³-hybridized carbons (Fsp3) is 0.167. The zero-order chi connectivity index (χ0) is 15.7. The topological polar surface area (TPSA) is 52.3 Å². The summed E-state index contributed by atoms with van der Waals surface area (Å²) in [6, 6.07) is 18.3. The first-order valence-electron chi connectivity index (χ1n) is 7.56. The summed E-state index contributed by atoms with van der Waals surface area (Å²) >= 11 is 0. The largest absolute Gasteiger partial charge is 0.494 e. The van der Waals surface area contributed by atoms with Crippen molar-refractivity contribution in [2.45, 2.75) is 12.8 Å². The lowest BCUT2D eigenvalue weighted by Gasteiger charge is -2.06. The van der Waals surface area contributed by atoms with Crippen molar-refractivity contribution >= 4 is 6.21 Å². The van der Waals surface area contributed by atoms with Crippen molar-refractivity contribution in [3.63, 3.8) is 0 Å². The molecule has 0 radical (unpaired) electrons. The molecule has 0 aliphatic rings. The van der Waals surface area contributed by atoms with Gasteiger partial charge < -0.3 is 4.74 Å². The zero-order valence-corrected chi connectivity index (χ0v) is 12.7. The van der Waals surface area contributed by atoms with Crippen LogP contribution in [0, 0.1) is 0 Å². The Kier molecular flexibility index (Phi) is 5.13. The van der Waals surface area contributed by atoms with Gasteiger partial charge >= 0.3 is 0 Å². The minimum Gasteiger partial charge on any atom is -0.494 e. The van der Waals surface area contributed by atoms with E-state index in [-0.39, 0.29) is 0 Å². The molecule has 3 aromatic rings. The number of nitrogens with zero attached hydrogens (tertiary/aromatic N) is 4. The van der Waals surface area contributed by atoms with Gasteiger partial charge in [0, 0.05) is 0 Å². The molecule has 1 aromatic heterocycles. The molecule has 116 valence electrons. The van der Waals surface area contributed by atoms with Crippen molar-refractivity contribution in [2.75, 3.05) is 6.61 Å². The predicted octanol–water partition coefficient (Wildman–Crippen LogP) is 3.17. The lowest BCUT2D eigenvalue weighted by atomic mass is 10.1. The minimum atomic E-state index is 0.711. The molecule has 0 bridgehead atoms. The standard InChI is InChI=1S/C18H18N4O/c1-2-5-16(6-3-1)7-4-12-23-18-10-8-17(9-11-18)13-21-22-14-19-20-15-22/h1-3,5-6,8-11,13-15H,4,7,12H2/b21-13-. The van der Waals surface area contributed by atoms with Crippen LogP contribution < -0.4 is 4.74 Å². The van der Waals surface area contributed by atoms with E-state index in [1.54, 1.807) is 23.5 Å². The molecular formula is C18H18N4O. The third kappa shape index (κ3) is 4.78. The summed E-state index contributed by atoms with van der Waals surface area (Å²) in [5.41, 5.74) is 2.34. The Labute approximate surface area is 135 Å². The monoisotopic (exact) mass is 306 g/mol. The van der Waals surface area contributed by atoms with Crippen molar-refractivity contribution in [3.05, 3.63) is 78.4 Å². The number of hydrogen-bond donors (Lipinski definition) is 0. The third-order valence-corrected chi connectivity index (χ3v) is 3.35. The number of aromatic nitrogens is 3. The van der Waals surface area contributed by atoms with Gasteiger partial charge in [0.25, 0.3) is 0 Å². The van der Waals surface area contributed by atoms with Gasteiger partial charge in [-0.3, -0.25) is 0 Å². The summed E-state index contributed by atoms with van der Waals surface area (Å²) in [6.07, 6.45) is 6.87. The van der Waals surface area contributed by atoms with Gasteiger partial charge in [-0.1, -0.05) is 30.3 Å². The molecule has 3 rings (SSSR count). The minimum absolute atomic E-state index is 0.711. The molecule has 0 unspecified atom stereocenters. The van der Waals surface area contributed by atoms with E-state index in [2.05, 4.69) is 39.6 Å². The zero-order valence-electron chi connectivity index (χ0n) is 12.7. The molecule has 2 aromatic carbocycles. The van der Waals surface area contributed by atoms with E-state index in [0.29, 0.717) is 6.61 Å². The molecule has 5 heteroatoms. The molecular weight excluding hydrogens is 288 g/mol. The molecule has 0 fully saturated rings. The summed E-state index contributed by atoms with van der Waals surface area (Å²) in [7, 11) is 0. The molecule has 1 heterocycles. The van der Waals surface area contributed by atoms with Gasteiger partial charge in [-0.2, -0.15) is 5.10 Å². The van der Waals surface area contributed by atoms with Crippen LogP contribution in [-0.4, -0.2) is 27.7 Å². The molecule has 23 heavy (non-hydrogen) atoms. The van der Waals surface area contributed by atoms with Gasteiger partial charge in [-0.15, -0.1) is 10.2 Å². The summed E-state index contributed by atoms with van der Waals surface area (Å²) in [6.45, 7) is 0.711. The molecule has 0 spiro atoms. The average molecular weight is 306 g/mol. The van der Waals surface area contributed by atoms with E-state index in [1.165, 1.54) is 5.56 Å². The van der Waals surface area contributed by atoms with Crippen molar-refractivity contribution < 1.29 is 4.74 Å². The Bertz CT molecular complexity index is 721. The van der Waals surface area contributed by atoms with E-state index in [4.69, 9.17) is 4.74 Å². The van der Waals surface area contributed by atoms with Crippen LogP contribution in [0.1, 0.15) is 17.5 Å². The van der Waals surface area contributed by atoms with Gasteiger partial charge in [0.1, 0.15) is 18.4 Å². The lowest BCUT2D eigenvalue weighted by molar-refractivity contribution is 0.311. The first kappa shape index (κ1) is 15.0. The molecule has 0 saturated heterocycles. The Morgan fingerprint density at radius 3 is 2.43 bits per heavy atom. The maximum atomic E-state index is 5.76. The van der Waals surface area contributed by atoms with Gasteiger partial charge in [0.15, 0.2) is 0 Å². The Hall–Kier alpha value is -2.95. The van der Waals surface area contributed by atoms with Crippen molar-refractivity contribution in [1.29, 1.82) is 0 Å². The van der Waals surface area contributed by atoms with Crippen molar-refractivity contribution in [1.82, 2.24) is 14.9 Å². The maximum Gasteiger partial charge on any atom is 0.141 e. The van der Waals surface area contributed by atoms with Crippen LogP contribution in [0.4, 0.5) is 0 Å². The number of rotatable bonds is 7. The highest BCUT2D eigenvalue weighted by Crippen LogP contribution is 2.12. The quantitative estimate of drug-likeness (QED) is 0.497. The second-order valence-corrected chi connectivity index (χ2v) is 5.09. The van der Waals surface area contributed by atoms with Gasteiger partial charge in [0.2, 0.25) is 0 Å². The van der Waals surface area contributed by atoms with E-state index < -0.39 is 0 Å². The SMILES string of the molecule is C(=N/n1cnnc1)/c1ccc(OCCCc2ccccc2)cc1. The van der Waals surface area contributed by atoms with Gasteiger partial charge in [-0.05, 0) is 48.2 Å². The van der Waals surface area contributed by atoms with Gasteiger partial charge in [0.05, 0.1) is 12.8 Å². The van der Waals surface area contributed by atoms with E-state index >= 15 is 0 Å². The van der Waals surface area contributed by atoms with Crippen LogP contribution in [0.25, 0.3) is 0 Å². The molecule has 0 aliphatic carbocycles. The van der Waals surface area contributed by atoms with E-state index in [0.717, 1.165) is 24.2 Å². The number of ether oxygens (including phenoxy) is 1. The van der Waals surface area contributed by atoms with Crippen LogP contribution in [0.3, 0.4) is 0 Å². The summed E-state index contributed by atoms with van der Waals surface area (Å²) < 4.78 is 7.31. The summed E-state index contributed by atoms with van der Waals surface area (Å²) in [4.78, 5) is 0. The number of hydrogen-bond acceptors (Lipinski definition) is 4. The fourth-order valence-corrected chi connectivity index (χ4v) is 2.15. The second-order valence-electron chi connectivity index (χ2n) is 5.09. The highest BCUT2D eigenvalue weighted by molar-refractivity contribution is 5.79. The molecule has 0 saturated carbocycles. The Morgan fingerprint density at radius 2 is 1.70 bits per heavy atom.